The number of allylic oxidation sites excluding steroid dienone is 1. The fourth-order valence-corrected chi connectivity index (χ4v) is 4.14. The summed E-state index contributed by atoms with van der Waals surface area (Å²) in [5, 5.41) is 24.9. The molecule has 0 saturated heterocycles. The van der Waals surface area contributed by atoms with Crippen LogP contribution in [0.3, 0.4) is 0 Å². The Kier molecular flexibility index (Phi) is 7.26. The Morgan fingerprint density at radius 2 is 1.68 bits per heavy atom. The highest BCUT2D eigenvalue weighted by atomic mass is 35.5. The van der Waals surface area contributed by atoms with Gasteiger partial charge < -0.3 is 10.4 Å². The fraction of sp³-hybridized carbons (Fsp3) is 0.250. The molecule has 2 aromatic carbocycles. The topological polar surface area (TPSA) is 64.9 Å². The van der Waals surface area contributed by atoms with Gasteiger partial charge in [0.25, 0.3) is 0 Å². The van der Waals surface area contributed by atoms with Crippen LogP contribution in [0.15, 0.2) is 47.1 Å². The molecule has 2 atom stereocenters. The van der Waals surface area contributed by atoms with Gasteiger partial charge in [-0.25, -0.2) is 0 Å². The highest BCUT2D eigenvalue weighted by Gasteiger charge is 2.33. The Morgan fingerprint density at radius 1 is 1.00 bits per heavy atom. The number of hydroxylamine groups is 1. The molecule has 3 N–H and O–H groups in total. The molecular formula is C20H18Cl4N2O2. The summed E-state index contributed by atoms with van der Waals surface area (Å²) in [6.07, 6.45) is 4.27. The van der Waals surface area contributed by atoms with Gasteiger partial charge in [0.2, 0.25) is 0 Å². The summed E-state index contributed by atoms with van der Waals surface area (Å²) in [6, 6.07) is 9.99. The minimum Gasteiger partial charge on any atom is -0.411 e. The molecule has 2 aromatic rings. The van der Waals surface area contributed by atoms with E-state index in [1.807, 2.05) is 12.1 Å². The standard InChI is InChI=1S/C20H18Cl4N2O2/c21-15-6-4-11(9-17(15)23)8-12-2-1-3-14(19(12)25-27)20(26-28)13-5-7-16(22)18(24)10-13/h4-10,14,20,26-28H,1-3H2/b12-8-,25-19-. The molecule has 0 radical (unpaired) electrons. The first-order valence-corrected chi connectivity index (χ1v) is 10.2. The van der Waals surface area contributed by atoms with Gasteiger partial charge in [-0.05, 0) is 66.3 Å². The van der Waals surface area contributed by atoms with Crippen LogP contribution in [-0.4, -0.2) is 16.1 Å². The van der Waals surface area contributed by atoms with Crippen molar-refractivity contribution >= 4 is 58.2 Å². The van der Waals surface area contributed by atoms with Crippen molar-refractivity contribution < 1.29 is 10.4 Å². The van der Waals surface area contributed by atoms with E-state index in [0.717, 1.165) is 36.0 Å². The third kappa shape index (κ3) is 4.65. The summed E-state index contributed by atoms with van der Waals surface area (Å²) >= 11 is 24.2. The van der Waals surface area contributed by atoms with E-state index in [1.165, 1.54) is 0 Å². The molecule has 0 aromatic heterocycles. The van der Waals surface area contributed by atoms with E-state index in [2.05, 4.69) is 10.6 Å². The van der Waals surface area contributed by atoms with E-state index >= 15 is 0 Å². The van der Waals surface area contributed by atoms with Gasteiger partial charge in [-0.1, -0.05) is 63.7 Å². The minimum atomic E-state index is -0.502. The van der Waals surface area contributed by atoms with Crippen LogP contribution < -0.4 is 5.48 Å². The molecule has 0 aliphatic heterocycles. The van der Waals surface area contributed by atoms with Gasteiger partial charge in [0.15, 0.2) is 0 Å². The van der Waals surface area contributed by atoms with Crippen LogP contribution in [0.4, 0.5) is 0 Å². The second kappa shape index (κ2) is 9.49. The Labute approximate surface area is 183 Å². The number of halogens is 4. The maximum atomic E-state index is 9.83. The Balaban J connectivity index is 1.95. The molecule has 1 saturated carbocycles. The summed E-state index contributed by atoms with van der Waals surface area (Å²) in [7, 11) is 0. The molecule has 0 heterocycles. The molecule has 148 valence electrons. The zero-order chi connectivity index (χ0) is 20.3. The SMILES string of the molecule is O/N=C1/C(=C\c2ccc(Cl)c(Cl)c2)CCCC1C(NO)c1ccc(Cl)c(Cl)c1. The molecule has 2 unspecified atom stereocenters. The monoisotopic (exact) mass is 458 g/mol. The largest absolute Gasteiger partial charge is 0.411 e. The van der Waals surface area contributed by atoms with Gasteiger partial charge in [0, 0.05) is 5.92 Å². The predicted octanol–water partition coefficient (Wildman–Crippen LogP) is 7.03. The van der Waals surface area contributed by atoms with Crippen molar-refractivity contribution in [3.63, 3.8) is 0 Å². The highest BCUT2D eigenvalue weighted by molar-refractivity contribution is 6.42. The van der Waals surface area contributed by atoms with Crippen LogP contribution in [0.5, 0.6) is 0 Å². The van der Waals surface area contributed by atoms with Gasteiger partial charge in [-0.15, -0.1) is 0 Å². The quantitative estimate of drug-likeness (QED) is 0.339. The van der Waals surface area contributed by atoms with Crippen LogP contribution in [0.25, 0.3) is 6.08 Å². The number of benzene rings is 2. The fourth-order valence-electron chi connectivity index (χ4n) is 3.53. The van der Waals surface area contributed by atoms with Crippen molar-refractivity contribution in [2.45, 2.75) is 25.3 Å². The first-order valence-electron chi connectivity index (χ1n) is 8.67. The molecule has 28 heavy (non-hydrogen) atoms. The van der Waals surface area contributed by atoms with Crippen LogP contribution in [0.1, 0.15) is 36.4 Å². The molecular weight excluding hydrogens is 442 g/mol. The van der Waals surface area contributed by atoms with E-state index in [0.29, 0.717) is 25.8 Å². The average Bonchev–Trinajstić information content (AvgIpc) is 2.68. The van der Waals surface area contributed by atoms with Gasteiger partial charge in [0.1, 0.15) is 0 Å². The number of hydrogen-bond acceptors (Lipinski definition) is 4. The molecule has 1 fully saturated rings. The molecule has 0 spiro atoms. The van der Waals surface area contributed by atoms with E-state index < -0.39 is 6.04 Å². The lowest BCUT2D eigenvalue weighted by atomic mass is 9.77. The van der Waals surface area contributed by atoms with E-state index in [9.17, 15) is 10.4 Å². The van der Waals surface area contributed by atoms with Crippen LogP contribution in [-0.2, 0) is 0 Å². The maximum Gasteiger partial charge on any atom is 0.0878 e. The number of hydrogen-bond donors (Lipinski definition) is 3. The van der Waals surface area contributed by atoms with Gasteiger partial charge in [-0.3, -0.25) is 0 Å². The molecule has 1 aliphatic carbocycles. The van der Waals surface area contributed by atoms with E-state index in [4.69, 9.17) is 46.4 Å². The molecule has 3 rings (SSSR count). The number of rotatable bonds is 4. The molecule has 0 amide bonds. The van der Waals surface area contributed by atoms with Gasteiger partial charge in [0.05, 0.1) is 31.8 Å². The molecule has 0 bridgehead atoms. The lowest BCUT2D eigenvalue weighted by Crippen LogP contribution is -2.34. The maximum absolute atomic E-state index is 9.83. The summed E-state index contributed by atoms with van der Waals surface area (Å²) < 4.78 is 0. The Bertz CT molecular complexity index is 930. The second-order valence-corrected chi connectivity index (χ2v) is 8.24. The number of nitrogens with one attached hydrogen (secondary N) is 1. The van der Waals surface area contributed by atoms with Crippen LogP contribution in [0, 0.1) is 5.92 Å². The zero-order valence-corrected chi connectivity index (χ0v) is 17.7. The van der Waals surface area contributed by atoms with Crippen molar-refractivity contribution in [2.75, 3.05) is 0 Å². The first kappa shape index (κ1) is 21.4. The lowest BCUT2D eigenvalue weighted by molar-refractivity contribution is 0.106. The normalized spacial score (nSPS) is 21.2. The number of nitrogens with zero attached hydrogens (tertiary/aromatic N) is 1. The van der Waals surface area contributed by atoms with Crippen molar-refractivity contribution in [3.8, 4) is 0 Å². The molecule has 4 nitrogen and oxygen atoms in total. The van der Waals surface area contributed by atoms with Gasteiger partial charge >= 0.3 is 0 Å². The highest BCUT2D eigenvalue weighted by Crippen LogP contribution is 2.38. The molecule has 8 heteroatoms. The lowest BCUT2D eigenvalue weighted by Gasteiger charge is -2.32. The van der Waals surface area contributed by atoms with Crippen LogP contribution in [0.2, 0.25) is 20.1 Å². The van der Waals surface area contributed by atoms with Gasteiger partial charge in [-0.2, -0.15) is 5.48 Å². The van der Waals surface area contributed by atoms with Crippen molar-refractivity contribution in [1.29, 1.82) is 0 Å². The summed E-state index contributed by atoms with van der Waals surface area (Å²) in [4.78, 5) is 0. The Hall–Kier alpha value is -1.27. The smallest absolute Gasteiger partial charge is 0.0878 e. The Morgan fingerprint density at radius 3 is 2.29 bits per heavy atom. The van der Waals surface area contributed by atoms with Crippen molar-refractivity contribution in [2.24, 2.45) is 11.1 Å². The third-order valence-electron chi connectivity index (χ3n) is 4.88. The predicted molar refractivity (Wildman–Crippen MR) is 115 cm³/mol. The first-order chi connectivity index (χ1) is 13.4. The molecule has 1 aliphatic rings. The minimum absolute atomic E-state index is 0.255. The van der Waals surface area contributed by atoms with Crippen LogP contribution >= 0.6 is 46.4 Å². The zero-order valence-electron chi connectivity index (χ0n) is 14.7. The third-order valence-corrected chi connectivity index (χ3v) is 6.36. The second-order valence-electron chi connectivity index (χ2n) is 6.61. The van der Waals surface area contributed by atoms with E-state index in [-0.39, 0.29) is 5.92 Å². The number of oxime groups is 1. The summed E-state index contributed by atoms with van der Waals surface area (Å²) in [6.45, 7) is 0. The average molecular weight is 460 g/mol. The van der Waals surface area contributed by atoms with Crippen molar-refractivity contribution in [1.82, 2.24) is 5.48 Å². The summed E-state index contributed by atoms with van der Waals surface area (Å²) in [5.74, 6) is -0.255. The summed E-state index contributed by atoms with van der Waals surface area (Å²) in [5.41, 5.74) is 5.33. The van der Waals surface area contributed by atoms with E-state index in [1.54, 1.807) is 30.3 Å². The van der Waals surface area contributed by atoms with Crippen molar-refractivity contribution in [3.05, 3.63) is 73.2 Å².